The van der Waals surface area contributed by atoms with E-state index in [9.17, 15) is 14.4 Å². The monoisotopic (exact) mass is 360 g/mol. The number of rotatable bonds is 7. The minimum atomic E-state index is -0.149. The van der Waals surface area contributed by atoms with Gasteiger partial charge in [-0.1, -0.05) is 6.07 Å². The van der Waals surface area contributed by atoms with Gasteiger partial charge in [0.15, 0.2) is 6.61 Å². The fourth-order valence-electron chi connectivity index (χ4n) is 2.94. The predicted molar refractivity (Wildman–Crippen MR) is 99.1 cm³/mol. The van der Waals surface area contributed by atoms with Gasteiger partial charge in [-0.15, -0.1) is 0 Å². The lowest BCUT2D eigenvalue weighted by atomic mass is 10.0. The third kappa shape index (κ3) is 6.17. The number of benzene rings is 1. The normalized spacial score (nSPS) is 14.8. The highest BCUT2D eigenvalue weighted by Gasteiger charge is 2.23. The van der Waals surface area contributed by atoms with E-state index in [0.717, 1.165) is 18.4 Å². The number of carbonyl (C=O) groups is 3. The van der Waals surface area contributed by atoms with Crippen LogP contribution in [-0.2, 0) is 14.4 Å². The molecule has 142 valence electrons. The molecule has 0 unspecified atom stereocenters. The maximum atomic E-state index is 12.1. The molecule has 1 aromatic rings. The van der Waals surface area contributed by atoms with Crippen LogP contribution in [0.25, 0.3) is 0 Å². The summed E-state index contributed by atoms with van der Waals surface area (Å²) in [5, 5.41) is 2.97. The van der Waals surface area contributed by atoms with Crippen molar-refractivity contribution >= 4 is 17.6 Å². The third-order valence-electron chi connectivity index (χ3n) is 4.75. The molecule has 1 aromatic carbocycles. The summed E-state index contributed by atoms with van der Waals surface area (Å²) >= 11 is 0. The Morgan fingerprint density at radius 3 is 2.42 bits per heavy atom. The molecule has 1 aliphatic rings. The van der Waals surface area contributed by atoms with Crippen LogP contribution >= 0.6 is 0 Å². The molecule has 0 saturated carbocycles. The molecule has 0 aliphatic carbocycles. The van der Waals surface area contributed by atoms with Gasteiger partial charge in [0.2, 0.25) is 5.91 Å². The Morgan fingerprint density at radius 1 is 1.12 bits per heavy atom. The number of ether oxygens (including phenoxy) is 1. The number of hydrogen-bond donors (Lipinski definition) is 1. The first-order valence-electron chi connectivity index (χ1n) is 9.12. The zero-order valence-electron chi connectivity index (χ0n) is 15.8. The zero-order chi connectivity index (χ0) is 19.1. The molecule has 1 fully saturated rings. The summed E-state index contributed by atoms with van der Waals surface area (Å²) in [5.74, 6) is 0.589. The second kappa shape index (κ2) is 9.36. The molecule has 1 saturated heterocycles. The maximum absolute atomic E-state index is 12.1. The molecule has 1 heterocycles. The molecule has 6 nitrogen and oxygen atoms in total. The number of aryl methyl sites for hydroxylation is 2. The molecule has 26 heavy (non-hydrogen) atoms. The zero-order valence-corrected chi connectivity index (χ0v) is 15.8. The molecular formula is C20H28N2O4. The molecule has 2 rings (SSSR count). The average molecular weight is 360 g/mol. The van der Waals surface area contributed by atoms with Crippen molar-refractivity contribution in [2.75, 3.05) is 19.7 Å². The van der Waals surface area contributed by atoms with Crippen molar-refractivity contribution in [3.63, 3.8) is 0 Å². The van der Waals surface area contributed by atoms with Gasteiger partial charge in [-0.3, -0.25) is 9.59 Å². The Morgan fingerprint density at radius 2 is 1.81 bits per heavy atom. The van der Waals surface area contributed by atoms with Crippen LogP contribution in [0.2, 0.25) is 0 Å². The first kappa shape index (κ1) is 19.9. The van der Waals surface area contributed by atoms with Gasteiger partial charge in [-0.05, 0) is 56.9 Å². The predicted octanol–water partition coefficient (Wildman–Crippen LogP) is 2.16. The second-order valence-corrected chi connectivity index (χ2v) is 6.96. The number of Topliss-reactive ketones (excluding diaryl/α,β-unsaturated/α-hetero) is 1. The molecule has 0 atom stereocenters. The van der Waals surface area contributed by atoms with E-state index in [4.69, 9.17) is 4.74 Å². The van der Waals surface area contributed by atoms with Gasteiger partial charge in [0.25, 0.3) is 5.91 Å². The van der Waals surface area contributed by atoms with Crippen molar-refractivity contribution < 1.29 is 19.1 Å². The summed E-state index contributed by atoms with van der Waals surface area (Å²) in [6, 6.07) is 5.82. The van der Waals surface area contributed by atoms with Crippen LogP contribution in [0.5, 0.6) is 5.75 Å². The maximum Gasteiger partial charge on any atom is 0.258 e. The van der Waals surface area contributed by atoms with Gasteiger partial charge in [0, 0.05) is 32.0 Å². The molecule has 0 spiro atoms. The van der Waals surface area contributed by atoms with E-state index >= 15 is 0 Å². The summed E-state index contributed by atoms with van der Waals surface area (Å²) in [6.45, 7) is 6.74. The number of ketones is 1. The van der Waals surface area contributed by atoms with Crippen LogP contribution in [0.4, 0.5) is 0 Å². The number of nitrogens with zero attached hydrogens (tertiary/aromatic N) is 1. The number of piperidine rings is 1. The van der Waals surface area contributed by atoms with Crippen LogP contribution in [0.1, 0.15) is 43.7 Å². The topological polar surface area (TPSA) is 75.7 Å². The first-order valence-corrected chi connectivity index (χ1v) is 9.12. The van der Waals surface area contributed by atoms with Crippen LogP contribution in [0.3, 0.4) is 0 Å². The largest absolute Gasteiger partial charge is 0.484 e. The Balaban J connectivity index is 1.69. The lowest BCUT2D eigenvalue weighted by Crippen LogP contribution is -2.47. The SMILES string of the molecule is CC(=O)CCC(=O)N1CCC(NC(=O)COc2ccc(C)c(C)c2)CC1. The Kier molecular flexibility index (Phi) is 7.18. The lowest BCUT2D eigenvalue weighted by Gasteiger charge is -2.32. The van der Waals surface area contributed by atoms with Gasteiger partial charge in [0.05, 0.1) is 0 Å². The van der Waals surface area contributed by atoms with Gasteiger partial charge in [-0.25, -0.2) is 0 Å². The third-order valence-corrected chi connectivity index (χ3v) is 4.75. The summed E-state index contributed by atoms with van der Waals surface area (Å²) < 4.78 is 5.55. The van der Waals surface area contributed by atoms with E-state index in [0.29, 0.717) is 25.3 Å². The highest BCUT2D eigenvalue weighted by Crippen LogP contribution is 2.16. The molecule has 0 radical (unpaired) electrons. The van der Waals surface area contributed by atoms with E-state index < -0.39 is 0 Å². The smallest absolute Gasteiger partial charge is 0.258 e. The Bertz CT molecular complexity index is 664. The van der Waals surface area contributed by atoms with Crippen molar-refractivity contribution in [2.24, 2.45) is 0 Å². The van der Waals surface area contributed by atoms with Crippen molar-refractivity contribution in [1.82, 2.24) is 10.2 Å². The van der Waals surface area contributed by atoms with Crippen molar-refractivity contribution in [3.05, 3.63) is 29.3 Å². The molecule has 1 aliphatic heterocycles. The number of carbonyl (C=O) groups excluding carboxylic acids is 3. The van der Waals surface area contributed by atoms with E-state index in [1.165, 1.54) is 12.5 Å². The highest BCUT2D eigenvalue weighted by molar-refractivity contribution is 5.83. The van der Waals surface area contributed by atoms with E-state index in [1.807, 2.05) is 32.0 Å². The first-order chi connectivity index (χ1) is 12.3. The molecule has 0 bridgehead atoms. The van der Waals surface area contributed by atoms with Gasteiger partial charge < -0.3 is 19.7 Å². The Labute approximate surface area is 154 Å². The summed E-state index contributed by atoms with van der Waals surface area (Å²) in [6.07, 6.45) is 2.02. The molecule has 6 heteroatoms. The van der Waals surface area contributed by atoms with Gasteiger partial charge in [-0.2, -0.15) is 0 Å². The summed E-state index contributed by atoms with van der Waals surface area (Å²) in [7, 11) is 0. The number of nitrogens with one attached hydrogen (secondary N) is 1. The quantitative estimate of drug-likeness (QED) is 0.808. The molecule has 0 aromatic heterocycles. The van der Waals surface area contributed by atoms with Gasteiger partial charge in [0.1, 0.15) is 11.5 Å². The molecule has 2 amide bonds. The number of amides is 2. The van der Waals surface area contributed by atoms with Crippen molar-refractivity contribution in [2.45, 2.75) is 52.5 Å². The van der Waals surface area contributed by atoms with Gasteiger partial charge >= 0.3 is 0 Å². The number of hydrogen-bond acceptors (Lipinski definition) is 4. The summed E-state index contributed by atoms with van der Waals surface area (Å²) in [4.78, 5) is 36.8. The van der Waals surface area contributed by atoms with E-state index in [-0.39, 0.29) is 36.7 Å². The van der Waals surface area contributed by atoms with Crippen molar-refractivity contribution in [3.8, 4) is 5.75 Å². The number of likely N-dealkylation sites (tertiary alicyclic amines) is 1. The van der Waals surface area contributed by atoms with Crippen molar-refractivity contribution in [1.29, 1.82) is 0 Å². The minimum absolute atomic E-state index is 0.0136. The highest BCUT2D eigenvalue weighted by atomic mass is 16.5. The molecular weight excluding hydrogens is 332 g/mol. The van der Waals surface area contributed by atoms with Crippen LogP contribution < -0.4 is 10.1 Å². The standard InChI is InChI=1S/C20H28N2O4/c1-14-4-6-18(12-15(14)2)26-13-19(24)21-17-8-10-22(11-9-17)20(25)7-5-16(3)23/h4,6,12,17H,5,7-11,13H2,1-3H3,(H,21,24). The average Bonchev–Trinajstić information content (AvgIpc) is 2.61. The van der Waals surface area contributed by atoms with Crippen LogP contribution in [0.15, 0.2) is 18.2 Å². The van der Waals surface area contributed by atoms with Crippen LogP contribution in [0, 0.1) is 13.8 Å². The second-order valence-electron chi connectivity index (χ2n) is 6.96. The fourth-order valence-corrected chi connectivity index (χ4v) is 2.94. The summed E-state index contributed by atoms with van der Waals surface area (Å²) in [5.41, 5.74) is 2.32. The van der Waals surface area contributed by atoms with E-state index in [2.05, 4.69) is 5.32 Å². The minimum Gasteiger partial charge on any atom is -0.484 e. The lowest BCUT2D eigenvalue weighted by molar-refractivity contribution is -0.134. The van der Waals surface area contributed by atoms with Crippen LogP contribution in [-0.4, -0.2) is 48.2 Å². The Hall–Kier alpha value is -2.37. The molecule has 1 N–H and O–H groups in total. The van der Waals surface area contributed by atoms with E-state index in [1.54, 1.807) is 4.90 Å². The fraction of sp³-hybridized carbons (Fsp3) is 0.550.